The van der Waals surface area contributed by atoms with Crippen LogP contribution in [0.25, 0.3) is 0 Å². The molecule has 1 heterocycles. The molecule has 0 aliphatic carbocycles. The third-order valence-electron chi connectivity index (χ3n) is 8.21. The fourth-order valence-electron chi connectivity index (χ4n) is 5.41. The summed E-state index contributed by atoms with van der Waals surface area (Å²) in [5.41, 5.74) is 0. The summed E-state index contributed by atoms with van der Waals surface area (Å²) in [7, 11) is 2.13. The summed E-state index contributed by atoms with van der Waals surface area (Å²) < 4.78 is 5.87. The van der Waals surface area contributed by atoms with E-state index in [1.54, 1.807) is 0 Å². The number of carbonyl (C=O) groups excluding carboxylic acids is 2. The molecule has 0 saturated carbocycles. The minimum absolute atomic E-state index is 0.0360. The van der Waals surface area contributed by atoms with E-state index in [9.17, 15) is 9.59 Å². The van der Waals surface area contributed by atoms with Gasteiger partial charge in [0.1, 0.15) is 0 Å². The van der Waals surface area contributed by atoms with Gasteiger partial charge in [0.25, 0.3) is 0 Å². The SMILES string of the molecule is CCCCCCCCCCC(CCCCCCCCC(=O)OOCCCCC)COC(=O)C1CCN(C)CC1. The zero-order valence-electron chi connectivity index (χ0n) is 26.0. The summed E-state index contributed by atoms with van der Waals surface area (Å²) in [5.74, 6) is 0.376. The number of hydrogen-bond donors (Lipinski definition) is 0. The molecule has 1 unspecified atom stereocenters. The maximum absolute atomic E-state index is 12.7. The van der Waals surface area contributed by atoms with Gasteiger partial charge in [0, 0.05) is 6.42 Å². The molecule has 0 aromatic heterocycles. The number of rotatable bonds is 26. The second-order valence-corrected chi connectivity index (χ2v) is 12.0. The molecule has 0 N–H and O–H groups in total. The maximum atomic E-state index is 12.7. The van der Waals surface area contributed by atoms with E-state index in [-0.39, 0.29) is 17.9 Å². The monoisotopic (exact) mass is 553 g/mol. The van der Waals surface area contributed by atoms with E-state index < -0.39 is 0 Å². The number of unbranched alkanes of at least 4 members (excludes halogenated alkanes) is 14. The quantitative estimate of drug-likeness (QED) is 0.0461. The van der Waals surface area contributed by atoms with Crippen LogP contribution in [0.4, 0.5) is 0 Å². The number of hydrogen-bond acceptors (Lipinski definition) is 6. The number of carbonyl (C=O) groups is 2. The van der Waals surface area contributed by atoms with Crippen LogP contribution in [0.5, 0.6) is 0 Å². The predicted octanol–water partition coefficient (Wildman–Crippen LogP) is 8.80. The molecule has 0 radical (unpaired) electrons. The Hall–Kier alpha value is -1.14. The van der Waals surface area contributed by atoms with E-state index in [4.69, 9.17) is 14.5 Å². The molecular weight excluding hydrogens is 490 g/mol. The molecule has 6 heteroatoms. The van der Waals surface area contributed by atoms with Crippen LogP contribution in [-0.4, -0.2) is 50.2 Å². The van der Waals surface area contributed by atoms with Crippen molar-refractivity contribution in [3.8, 4) is 0 Å². The summed E-state index contributed by atoms with van der Waals surface area (Å²) >= 11 is 0. The zero-order valence-corrected chi connectivity index (χ0v) is 26.0. The van der Waals surface area contributed by atoms with Crippen molar-refractivity contribution >= 4 is 11.9 Å². The average molecular weight is 554 g/mol. The largest absolute Gasteiger partial charge is 0.465 e. The van der Waals surface area contributed by atoms with Gasteiger partial charge in [0.05, 0.1) is 19.1 Å². The highest BCUT2D eigenvalue weighted by molar-refractivity contribution is 5.72. The fourth-order valence-corrected chi connectivity index (χ4v) is 5.41. The maximum Gasteiger partial charge on any atom is 0.342 e. The molecule has 0 bridgehead atoms. The molecule has 1 aliphatic rings. The van der Waals surface area contributed by atoms with Crippen LogP contribution < -0.4 is 0 Å². The Labute approximate surface area is 241 Å². The predicted molar refractivity (Wildman–Crippen MR) is 160 cm³/mol. The summed E-state index contributed by atoms with van der Waals surface area (Å²) in [6.07, 6.45) is 25.2. The van der Waals surface area contributed by atoms with Crippen LogP contribution in [0.1, 0.15) is 155 Å². The van der Waals surface area contributed by atoms with Crippen molar-refractivity contribution in [1.29, 1.82) is 0 Å². The third kappa shape index (κ3) is 21.3. The number of likely N-dealkylation sites (tertiary alicyclic amines) is 1. The van der Waals surface area contributed by atoms with E-state index in [1.807, 2.05) is 0 Å². The van der Waals surface area contributed by atoms with Crippen molar-refractivity contribution in [3.05, 3.63) is 0 Å². The van der Waals surface area contributed by atoms with Crippen molar-refractivity contribution in [2.75, 3.05) is 33.4 Å². The second-order valence-electron chi connectivity index (χ2n) is 12.0. The van der Waals surface area contributed by atoms with Gasteiger partial charge in [-0.15, -0.1) is 0 Å². The van der Waals surface area contributed by atoms with Crippen molar-refractivity contribution in [3.63, 3.8) is 0 Å². The molecule has 0 spiro atoms. The Balaban J connectivity index is 2.18. The van der Waals surface area contributed by atoms with Crippen LogP contribution >= 0.6 is 0 Å². The number of piperidine rings is 1. The van der Waals surface area contributed by atoms with Crippen molar-refractivity contribution in [2.24, 2.45) is 11.8 Å². The summed E-state index contributed by atoms with van der Waals surface area (Å²) in [6, 6.07) is 0. The lowest BCUT2D eigenvalue weighted by Crippen LogP contribution is -2.34. The van der Waals surface area contributed by atoms with Crippen molar-refractivity contribution < 1.29 is 24.1 Å². The number of esters is 1. The van der Waals surface area contributed by atoms with E-state index in [1.165, 1.54) is 77.0 Å². The van der Waals surface area contributed by atoms with Crippen LogP contribution in [-0.2, 0) is 24.1 Å². The molecule has 0 amide bonds. The molecule has 0 aromatic rings. The molecule has 39 heavy (non-hydrogen) atoms. The first-order valence-electron chi connectivity index (χ1n) is 16.7. The lowest BCUT2D eigenvalue weighted by molar-refractivity contribution is -0.272. The van der Waals surface area contributed by atoms with E-state index in [0.717, 1.165) is 70.9 Å². The number of ether oxygens (including phenoxy) is 1. The van der Waals surface area contributed by atoms with E-state index in [0.29, 0.717) is 25.6 Å². The lowest BCUT2D eigenvalue weighted by Gasteiger charge is -2.28. The standard InChI is InChI=1S/C33H63NO5/c1-4-6-8-9-10-11-14-17-21-30(29-37-33(36)31-24-26-34(3)27-25-31)22-18-15-12-13-16-19-23-32(35)39-38-28-20-7-5-2/h30-31H,4-29H2,1-3H3. The van der Waals surface area contributed by atoms with Crippen LogP contribution in [0, 0.1) is 11.8 Å². The third-order valence-corrected chi connectivity index (χ3v) is 8.21. The van der Waals surface area contributed by atoms with Crippen LogP contribution in [0.3, 0.4) is 0 Å². The van der Waals surface area contributed by atoms with Crippen LogP contribution in [0.2, 0.25) is 0 Å². The highest BCUT2D eigenvalue weighted by Crippen LogP contribution is 2.22. The molecular formula is C33H63NO5. The van der Waals surface area contributed by atoms with Gasteiger partial charge < -0.3 is 9.64 Å². The molecule has 6 nitrogen and oxygen atoms in total. The minimum atomic E-state index is -0.245. The molecule has 1 saturated heterocycles. The molecule has 0 aromatic carbocycles. The summed E-state index contributed by atoms with van der Waals surface area (Å²) in [5, 5.41) is 0. The zero-order chi connectivity index (χ0) is 28.4. The first kappa shape index (κ1) is 35.9. The van der Waals surface area contributed by atoms with Crippen molar-refractivity contribution in [1.82, 2.24) is 4.90 Å². The molecule has 1 fully saturated rings. The van der Waals surface area contributed by atoms with E-state index in [2.05, 4.69) is 25.8 Å². The van der Waals surface area contributed by atoms with Gasteiger partial charge >= 0.3 is 11.9 Å². The summed E-state index contributed by atoms with van der Waals surface area (Å²) in [4.78, 5) is 36.5. The normalized spacial score (nSPS) is 15.4. The van der Waals surface area contributed by atoms with Gasteiger partial charge in [-0.1, -0.05) is 110 Å². The van der Waals surface area contributed by atoms with Gasteiger partial charge in [-0.3, -0.25) is 9.68 Å². The Morgan fingerprint density at radius 2 is 1.23 bits per heavy atom. The summed E-state index contributed by atoms with van der Waals surface area (Å²) in [6.45, 7) is 7.49. The Morgan fingerprint density at radius 1 is 0.718 bits per heavy atom. The minimum Gasteiger partial charge on any atom is -0.465 e. The van der Waals surface area contributed by atoms with Crippen LogP contribution in [0.15, 0.2) is 0 Å². The van der Waals surface area contributed by atoms with Gasteiger partial charge in [0.15, 0.2) is 0 Å². The fraction of sp³-hybridized carbons (Fsp3) is 0.939. The topological polar surface area (TPSA) is 65.1 Å². The van der Waals surface area contributed by atoms with Gasteiger partial charge in [-0.2, -0.15) is 4.89 Å². The van der Waals surface area contributed by atoms with Gasteiger partial charge in [-0.25, -0.2) is 4.79 Å². The Bertz CT molecular complexity index is 576. The molecule has 230 valence electrons. The van der Waals surface area contributed by atoms with E-state index >= 15 is 0 Å². The lowest BCUT2D eigenvalue weighted by atomic mass is 9.94. The van der Waals surface area contributed by atoms with Gasteiger partial charge in [0.2, 0.25) is 0 Å². The first-order valence-corrected chi connectivity index (χ1v) is 16.7. The average Bonchev–Trinajstić information content (AvgIpc) is 2.94. The van der Waals surface area contributed by atoms with Gasteiger partial charge in [-0.05, 0) is 64.6 Å². The Morgan fingerprint density at radius 3 is 1.82 bits per heavy atom. The number of nitrogens with zero attached hydrogens (tertiary/aromatic N) is 1. The van der Waals surface area contributed by atoms with Crippen molar-refractivity contribution in [2.45, 2.75) is 155 Å². The molecule has 1 atom stereocenters. The Kier molecular flexibility index (Phi) is 23.7. The molecule has 1 rings (SSSR count). The first-order chi connectivity index (χ1) is 19.1. The second kappa shape index (κ2) is 25.8. The highest BCUT2D eigenvalue weighted by atomic mass is 17.2. The highest BCUT2D eigenvalue weighted by Gasteiger charge is 2.25. The smallest absolute Gasteiger partial charge is 0.342 e. The molecule has 1 aliphatic heterocycles.